The minimum absolute atomic E-state index is 0.107. The number of allylic oxidation sites excluding steroid dienone is 2. The van der Waals surface area contributed by atoms with E-state index in [1.54, 1.807) is 12.2 Å². The SMILES string of the molecule is C[C@H](CC(=N)C=Cc1ccccc1)C(=O)[C@H](C)CC(=N)C=Cc1ccccc1. The summed E-state index contributed by atoms with van der Waals surface area (Å²) in [7, 11) is 0. The molecule has 0 amide bonds. The van der Waals surface area contributed by atoms with Crippen LogP contribution in [-0.4, -0.2) is 17.2 Å². The summed E-state index contributed by atoms with van der Waals surface area (Å²) in [5.74, 6) is -0.349. The van der Waals surface area contributed by atoms with Gasteiger partial charge in [-0.2, -0.15) is 0 Å². The van der Waals surface area contributed by atoms with Gasteiger partial charge in [-0.15, -0.1) is 0 Å². The number of hydrogen-bond acceptors (Lipinski definition) is 3. The summed E-state index contributed by atoms with van der Waals surface area (Å²) in [4.78, 5) is 12.6. The van der Waals surface area contributed by atoms with Crippen molar-refractivity contribution in [1.29, 1.82) is 10.8 Å². The highest BCUT2D eigenvalue weighted by Crippen LogP contribution is 2.16. The Hall–Kier alpha value is -3.07. The number of rotatable bonds is 10. The highest BCUT2D eigenvalue weighted by molar-refractivity contribution is 6.01. The van der Waals surface area contributed by atoms with Gasteiger partial charge in [0, 0.05) is 23.3 Å². The summed E-state index contributed by atoms with van der Waals surface area (Å²) >= 11 is 0. The van der Waals surface area contributed by atoms with E-state index in [0.717, 1.165) is 11.1 Å². The molecular formula is C25H28N2O. The predicted octanol–water partition coefficient (Wildman–Crippen LogP) is 6.07. The molecule has 3 heteroatoms. The summed E-state index contributed by atoms with van der Waals surface area (Å²) in [5, 5.41) is 16.2. The molecule has 0 heterocycles. The number of benzene rings is 2. The third kappa shape index (κ3) is 7.28. The Kier molecular flexibility index (Phi) is 8.29. The molecule has 0 saturated heterocycles. The van der Waals surface area contributed by atoms with E-state index in [2.05, 4.69) is 0 Å². The van der Waals surface area contributed by atoms with Crippen LogP contribution in [0.25, 0.3) is 12.2 Å². The third-order valence-corrected chi connectivity index (χ3v) is 4.58. The average molecular weight is 373 g/mol. The molecule has 0 saturated carbocycles. The molecule has 0 unspecified atom stereocenters. The van der Waals surface area contributed by atoms with Crippen LogP contribution in [0.2, 0.25) is 0 Å². The Labute approximate surface area is 167 Å². The van der Waals surface area contributed by atoms with Gasteiger partial charge in [-0.3, -0.25) is 4.79 Å². The number of carbonyl (C=O) groups excluding carboxylic acids is 1. The Morgan fingerprint density at radius 1 is 0.750 bits per heavy atom. The molecule has 0 aliphatic carbocycles. The van der Waals surface area contributed by atoms with Gasteiger partial charge in [0.2, 0.25) is 0 Å². The van der Waals surface area contributed by atoms with Crippen molar-refractivity contribution in [2.45, 2.75) is 26.7 Å². The van der Waals surface area contributed by atoms with Crippen LogP contribution in [-0.2, 0) is 4.79 Å². The van der Waals surface area contributed by atoms with Crippen LogP contribution in [0.5, 0.6) is 0 Å². The van der Waals surface area contributed by atoms with Crippen LogP contribution < -0.4 is 0 Å². The molecule has 28 heavy (non-hydrogen) atoms. The van der Waals surface area contributed by atoms with E-state index in [0.29, 0.717) is 24.3 Å². The van der Waals surface area contributed by atoms with E-state index < -0.39 is 0 Å². The van der Waals surface area contributed by atoms with Gasteiger partial charge in [0.1, 0.15) is 5.78 Å². The minimum Gasteiger partial charge on any atom is -0.305 e. The zero-order valence-corrected chi connectivity index (χ0v) is 16.6. The molecule has 0 aliphatic heterocycles. The molecular weight excluding hydrogens is 344 g/mol. The Morgan fingerprint density at radius 2 is 1.11 bits per heavy atom. The first kappa shape index (κ1) is 21.2. The van der Waals surface area contributed by atoms with Crippen molar-refractivity contribution in [3.63, 3.8) is 0 Å². The second-order valence-corrected chi connectivity index (χ2v) is 7.15. The fraction of sp³-hybridized carbons (Fsp3) is 0.240. The van der Waals surface area contributed by atoms with E-state index in [1.165, 1.54) is 0 Å². The molecule has 3 nitrogen and oxygen atoms in total. The quantitative estimate of drug-likeness (QED) is 0.488. The average Bonchev–Trinajstić information content (AvgIpc) is 2.71. The molecule has 0 radical (unpaired) electrons. The second-order valence-electron chi connectivity index (χ2n) is 7.15. The van der Waals surface area contributed by atoms with Crippen LogP contribution in [0.3, 0.4) is 0 Å². The van der Waals surface area contributed by atoms with E-state index in [4.69, 9.17) is 10.8 Å². The summed E-state index contributed by atoms with van der Waals surface area (Å²) in [6, 6.07) is 19.7. The molecule has 0 bridgehead atoms. The van der Waals surface area contributed by atoms with Gasteiger partial charge in [0.15, 0.2) is 0 Å². The highest BCUT2D eigenvalue weighted by atomic mass is 16.1. The van der Waals surface area contributed by atoms with Gasteiger partial charge in [-0.1, -0.05) is 86.7 Å². The topological polar surface area (TPSA) is 64.8 Å². The van der Waals surface area contributed by atoms with Crippen LogP contribution in [0.1, 0.15) is 37.8 Å². The molecule has 0 fully saturated rings. The van der Waals surface area contributed by atoms with Crippen LogP contribution in [0.4, 0.5) is 0 Å². The number of ketones is 1. The van der Waals surface area contributed by atoms with E-state index >= 15 is 0 Å². The lowest BCUT2D eigenvalue weighted by molar-refractivity contribution is -0.125. The molecule has 0 spiro atoms. The number of Topliss-reactive ketones (excluding diaryl/α,β-unsaturated/α-hetero) is 1. The molecule has 2 rings (SSSR count). The summed E-state index contributed by atoms with van der Waals surface area (Å²) in [5.41, 5.74) is 2.96. The largest absolute Gasteiger partial charge is 0.305 e. The lowest BCUT2D eigenvalue weighted by Gasteiger charge is -2.15. The lowest BCUT2D eigenvalue weighted by Crippen LogP contribution is -2.23. The van der Waals surface area contributed by atoms with Crippen molar-refractivity contribution >= 4 is 29.4 Å². The lowest BCUT2D eigenvalue weighted by atomic mass is 9.88. The summed E-state index contributed by atoms with van der Waals surface area (Å²) in [6.45, 7) is 3.74. The molecule has 0 aliphatic rings. The van der Waals surface area contributed by atoms with Gasteiger partial charge >= 0.3 is 0 Å². The molecule has 2 N–H and O–H groups in total. The van der Waals surface area contributed by atoms with Crippen molar-refractivity contribution in [2.75, 3.05) is 0 Å². The van der Waals surface area contributed by atoms with Crippen LogP contribution >= 0.6 is 0 Å². The molecule has 2 atom stereocenters. The zero-order chi connectivity index (χ0) is 20.4. The van der Waals surface area contributed by atoms with Crippen molar-refractivity contribution in [2.24, 2.45) is 11.8 Å². The first-order valence-corrected chi connectivity index (χ1v) is 9.60. The van der Waals surface area contributed by atoms with Crippen LogP contribution in [0, 0.1) is 22.7 Å². The first-order valence-electron chi connectivity index (χ1n) is 9.60. The van der Waals surface area contributed by atoms with Gasteiger partial charge in [0.05, 0.1) is 0 Å². The first-order chi connectivity index (χ1) is 13.5. The van der Waals surface area contributed by atoms with E-state index in [-0.39, 0.29) is 17.6 Å². The molecule has 2 aromatic rings. The fourth-order valence-corrected chi connectivity index (χ4v) is 3.00. The maximum atomic E-state index is 12.6. The monoisotopic (exact) mass is 372 g/mol. The smallest absolute Gasteiger partial charge is 0.139 e. The van der Waals surface area contributed by atoms with Gasteiger partial charge in [-0.25, -0.2) is 0 Å². The molecule has 0 aromatic heterocycles. The summed E-state index contributed by atoms with van der Waals surface area (Å²) in [6.07, 6.45) is 8.14. The molecule has 144 valence electrons. The standard InChI is InChI=1S/C25H28N2O/c1-19(17-23(26)15-13-21-9-5-3-6-10-21)25(28)20(2)18-24(27)16-14-22-11-7-4-8-12-22/h3-16,19-20,26-27H,17-18H2,1-2H3/t19-,20-/m1/s1. The van der Waals surface area contributed by atoms with Gasteiger partial charge < -0.3 is 10.8 Å². The number of hydrogen-bond donors (Lipinski definition) is 2. The van der Waals surface area contributed by atoms with Crippen molar-refractivity contribution in [3.05, 3.63) is 83.9 Å². The normalized spacial score (nSPS) is 13.5. The zero-order valence-electron chi connectivity index (χ0n) is 16.6. The van der Waals surface area contributed by atoms with Crippen molar-refractivity contribution in [3.8, 4) is 0 Å². The van der Waals surface area contributed by atoms with Crippen molar-refractivity contribution in [1.82, 2.24) is 0 Å². The van der Waals surface area contributed by atoms with Gasteiger partial charge in [0.25, 0.3) is 0 Å². The van der Waals surface area contributed by atoms with E-state index in [1.807, 2.05) is 86.7 Å². The summed E-state index contributed by atoms with van der Waals surface area (Å²) < 4.78 is 0. The van der Waals surface area contributed by atoms with Gasteiger partial charge in [-0.05, 0) is 36.1 Å². The van der Waals surface area contributed by atoms with E-state index in [9.17, 15) is 4.79 Å². The third-order valence-electron chi connectivity index (χ3n) is 4.58. The Morgan fingerprint density at radius 3 is 1.46 bits per heavy atom. The minimum atomic E-state index is -0.228. The maximum Gasteiger partial charge on any atom is 0.139 e. The molecule has 2 aromatic carbocycles. The Bertz CT molecular complexity index is 779. The fourth-order valence-electron chi connectivity index (χ4n) is 3.00. The van der Waals surface area contributed by atoms with Crippen molar-refractivity contribution < 1.29 is 4.79 Å². The number of carbonyl (C=O) groups is 1. The maximum absolute atomic E-state index is 12.6. The Balaban J connectivity index is 1.82. The highest BCUT2D eigenvalue weighted by Gasteiger charge is 2.21. The number of nitrogens with one attached hydrogen (secondary N) is 2. The predicted molar refractivity (Wildman–Crippen MR) is 119 cm³/mol. The second kappa shape index (κ2) is 10.9. The van der Waals surface area contributed by atoms with Crippen LogP contribution in [0.15, 0.2) is 72.8 Å².